The number of fused-ring (bicyclic) bond motifs is 1. The van der Waals surface area contributed by atoms with Crippen molar-refractivity contribution < 1.29 is 14.3 Å². The van der Waals surface area contributed by atoms with Crippen LogP contribution < -0.4 is 15.0 Å². The van der Waals surface area contributed by atoms with Gasteiger partial charge in [0.1, 0.15) is 0 Å². The van der Waals surface area contributed by atoms with E-state index in [-0.39, 0.29) is 11.5 Å². The van der Waals surface area contributed by atoms with Crippen molar-refractivity contribution in [3.8, 4) is 17.2 Å². The maximum atomic E-state index is 13.4. The van der Waals surface area contributed by atoms with Gasteiger partial charge in [0.2, 0.25) is 5.91 Å². The van der Waals surface area contributed by atoms with Gasteiger partial charge in [-0.25, -0.2) is 4.98 Å². The number of nitrogens with zero attached hydrogens (tertiary/aromatic N) is 3. The zero-order chi connectivity index (χ0) is 28.6. The van der Waals surface area contributed by atoms with E-state index in [0.29, 0.717) is 62.0 Å². The van der Waals surface area contributed by atoms with Crippen molar-refractivity contribution in [1.29, 1.82) is 0 Å². The average Bonchev–Trinajstić information content (AvgIpc) is 2.96. The van der Waals surface area contributed by atoms with Gasteiger partial charge in [0.05, 0.1) is 35.8 Å². The Morgan fingerprint density at radius 3 is 2.52 bits per heavy atom. The lowest BCUT2D eigenvalue weighted by atomic mass is 10.1. The summed E-state index contributed by atoms with van der Waals surface area (Å²) >= 11 is 14.0. The van der Waals surface area contributed by atoms with Crippen molar-refractivity contribution in [3.63, 3.8) is 0 Å². The highest BCUT2D eigenvalue weighted by Gasteiger charge is 2.16. The van der Waals surface area contributed by atoms with Crippen molar-refractivity contribution in [2.24, 2.45) is 0 Å². The van der Waals surface area contributed by atoms with Crippen molar-refractivity contribution >= 4 is 51.8 Å². The van der Waals surface area contributed by atoms with Crippen LogP contribution in [-0.4, -0.2) is 53.9 Å². The Labute approximate surface area is 248 Å². The zero-order valence-corrected chi connectivity index (χ0v) is 25.0. The van der Waals surface area contributed by atoms with Crippen LogP contribution in [0.1, 0.15) is 24.8 Å². The van der Waals surface area contributed by atoms with E-state index in [4.69, 9.17) is 37.7 Å². The fraction of sp³-hybridized carbons (Fsp3) is 0.300. The molecule has 0 atom stereocenters. The molecule has 40 heavy (non-hydrogen) atoms. The molecule has 0 aliphatic rings. The number of ether oxygens (including phenoxy) is 2. The quantitative estimate of drug-likeness (QED) is 0.103. The summed E-state index contributed by atoms with van der Waals surface area (Å²) in [6, 6.07) is 18.1. The summed E-state index contributed by atoms with van der Waals surface area (Å²) in [4.78, 5) is 32.6. The van der Waals surface area contributed by atoms with Gasteiger partial charge < -0.3 is 14.4 Å². The van der Waals surface area contributed by atoms with Crippen LogP contribution in [0.3, 0.4) is 0 Å². The van der Waals surface area contributed by atoms with E-state index in [2.05, 4.69) is 0 Å². The van der Waals surface area contributed by atoms with E-state index in [1.54, 1.807) is 48.0 Å². The Morgan fingerprint density at radius 1 is 1.00 bits per heavy atom. The largest absolute Gasteiger partial charge is 0.493 e. The molecule has 4 rings (SSSR count). The summed E-state index contributed by atoms with van der Waals surface area (Å²) in [5.74, 6) is 2.15. The number of carbonyl (C=O) groups is 1. The van der Waals surface area contributed by atoms with Crippen LogP contribution in [0, 0.1) is 0 Å². The van der Waals surface area contributed by atoms with E-state index in [9.17, 15) is 9.59 Å². The number of hydrogen-bond acceptors (Lipinski definition) is 6. The molecule has 1 amide bonds. The average molecular weight is 601 g/mol. The number of para-hydroxylation sites is 1. The first-order valence-corrected chi connectivity index (χ1v) is 14.6. The highest BCUT2D eigenvalue weighted by Crippen LogP contribution is 2.29. The molecule has 4 aromatic rings. The molecular weight excluding hydrogens is 569 g/mol. The Balaban J connectivity index is 1.34. The monoisotopic (exact) mass is 599 g/mol. The number of amides is 1. The molecule has 0 fully saturated rings. The minimum Gasteiger partial charge on any atom is -0.493 e. The van der Waals surface area contributed by atoms with Gasteiger partial charge in [-0.15, -0.1) is 0 Å². The smallest absolute Gasteiger partial charge is 0.266 e. The fourth-order valence-corrected chi connectivity index (χ4v) is 5.77. The van der Waals surface area contributed by atoms with Crippen LogP contribution in [0.25, 0.3) is 16.6 Å². The first kappa shape index (κ1) is 29.8. The van der Waals surface area contributed by atoms with E-state index >= 15 is 0 Å². The summed E-state index contributed by atoms with van der Waals surface area (Å²) in [6.07, 6.45) is 2.68. The number of halogens is 2. The van der Waals surface area contributed by atoms with Crippen LogP contribution in [0.15, 0.2) is 70.6 Å². The predicted molar refractivity (Wildman–Crippen MR) is 163 cm³/mol. The van der Waals surface area contributed by atoms with Gasteiger partial charge in [0.15, 0.2) is 16.7 Å². The molecule has 0 aliphatic heterocycles. The summed E-state index contributed by atoms with van der Waals surface area (Å²) < 4.78 is 12.2. The number of unbranched alkanes of at least 4 members (excludes halogenated alkanes) is 1. The van der Waals surface area contributed by atoms with Crippen LogP contribution in [0.2, 0.25) is 10.0 Å². The molecule has 3 aromatic carbocycles. The van der Waals surface area contributed by atoms with Crippen LogP contribution in [0.5, 0.6) is 11.5 Å². The molecule has 0 spiro atoms. The number of benzene rings is 3. The van der Waals surface area contributed by atoms with E-state index in [0.717, 1.165) is 24.8 Å². The Kier molecular flexibility index (Phi) is 10.4. The molecule has 0 bridgehead atoms. The Morgan fingerprint density at radius 2 is 1.77 bits per heavy atom. The van der Waals surface area contributed by atoms with Crippen molar-refractivity contribution in [3.05, 3.63) is 86.6 Å². The van der Waals surface area contributed by atoms with Gasteiger partial charge >= 0.3 is 0 Å². The van der Waals surface area contributed by atoms with Gasteiger partial charge in [0.25, 0.3) is 5.56 Å². The van der Waals surface area contributed by atoms with Crippen LogP contribution in [-0.2, 0) is 11.2 Å². The third-order valence-corrected chi connectivity index (χ3v) is 8.08. The molecule has 1 heterocycles. The van der Waals surface area contributed by atoms with Gasteiger partial charge in [-0.2, -0.15) is 0 Å². The standard InChI is InChI=1S/C30H31Cl2N3O4S/c1-34(16-15-20-11-14-26(38-2)27(18-20)39-3)28(36)10-6-7-17-40-30-33-24-9-5-4-8-22(24)29(37)35(30)25-13-12-21(31)19-23(25)32/h4-5,8-9,11-14,18-19H,6-7,10,15-17H2,1-3H3. The molecule has 210 valence electrons. The highest BCUT2D eigenvalue weighted by atomic mass is 35.5. The molecule has 0 saturated carbocycles. The number of thioether (sulfide) groups is 1. The second-order valence-corrected chi connectivity index (χ2v) is 11.1. The maximum absolute atomic E-state index is 13.4. The summed E-state index contributed by atoms with van der Waals surface area (Å²) in [5, 5.41) is 1.92. The highest BCUT2D eigenvalue weighted by molar-refractivity contribution is 7.99. The third kappa shape index (κ3) is 7.11. The zero-order valence-electron chi connectivity index (χ0n) is 22.7. The molecule has 0 aliphatic carbocycles. The molecule has 1 aromatic heterocycles. The number of carbonyl (C=O) groups excluding carboxylic acids is 1. The number of likely N-dealkylation sites (N-methyl/N-ethyl adjacent to an activating group) is 1. The molecule has 0 unspecified atom stereocenters. The lowest BCUT2D eigenvalue weighted by molar-refractivity contribution is -0.129. The molecule has 10 heteroatoms. The summed E-state index contributed by atoms with van der Waals surface area (Å²) in [7, 11) is 5.04. The van der Waals surface area contributed by atoms with Crippen LogP contribution >= 0.6 is 35.0 Å². The number of aromatic nitrogens is 2. The Hall–Kier alpha value is -3.20. The molecule has 0 saturated heterocycles. The van der Waals surface area contributed by atoms with Crippen LogP contribution in [0.4, 0.5) is 0 Å². The third-order valence-electron chi connectivity index (χ3n) is 6.52. The van der Waals surface area contributed by atoms with Gasteiger partial charge in [-0.3, -0.25) is 14.2 Å². The maximum Gasteiger partial charge on any atom is 0.266 e. The number of methoxy groups -OCH3 is 2. The summed E-state index contributed by atoms with van der Waals surface area (Å²) in [5.41, 5.74) is 2.04. The van der Waals surface area contributed by atoms with Gasteiger partial charge in [-0.1, -0.05) is 53.2 Å². The molecule has 0 N–H and O–H groups in total. The second kappa shape index (κ2) is 13.9. The van der Waals surface area contributed by atoms with E-state index < -0.39 is 0 Å². The first-order valence-electron chi connectivity index (χ1n) is 12.9. The van der Waals surface area contributed by atoms with E-state index in [1.807, 2.05) is 43.4 Å². The second-order valence-electron chi connectivity index (χ2n) is 9.21. The summed E-state index contributed by atoms with van der Waals surface area (Å²) in [6.45, 7) is 0.609. The lowest BCUT2D eigenvalue weighted by Gasteiger charge is -2.18. The molecule has 0 radical (unpaired) electrons. The topological polar surface area (TPSA) is 73.7 Å². The Bertz CT molecular complexity index is 1560. The lowest BCUT2D eigenvalue weighted by Crippen LogP contribution is -2.28. The van der Waals surface area contributed by atoms with Crippen molar-refractivity contribution in [2.45, 2.75) is 30.8 Å². The predicted octanol–water partition coefficient (Wildman–Crippen LogP) is 6.67. The van der Waals surface area contributed by atoms with Crippen molar-refractivity contribution in [1.82, 2.24) is 14.5 Å². The minimum absolute atomic E-state index is 0.0964. The van der Waals surface area contributed by atoms with Crippen molar-refractivity contribution in [2.75, 3.05) is 33.6 Å². The molecule has 7 nitrogen and oxygen atoms in total. The normalized spacial score (nSPS) is 11.0. The van der Waals surface area contributed by atoms with Gasteiger partial charge in [0, 0.05) is 30.8 Å². The first-order chi connectivity index (χ1) is 19.3. The fourth-order valence-electron chi connectivity index (χ4n) is 4.27. The number of rotatable bonds is 12. The molecular formula is C30H31Cl2N3O4S. The minimum atomic E-state index is -0.191. The van der Waals surface area contributed by atoms with E-state index in [1.165, 1.54) is 11.8 Å². The number of hydrogen-bond donors (Lipinski definition) is 0. The SMILES string of the molecule is COc1ccc(CCN(C)C(=O)CCCCSc2nc3ccccc3c(=O)n2-c2ccc(Cl)cc2Cl)cc1OC. The van der Waals surface area contributed by atoms with Gasteiger partial charge in [-0.05, 0) is 67.3 Å².